The summed E-state index contributed by atoms with van der Waals surface area (Å²) in [6.07, 6.45) is 2.54. The van der Waals surface area contributed by atoms with Crippen molar-refractivity contribution in [1.82, 2.24) is 10.3 Å². The smallest absolute Gasteiger partial charge is 0.220 e. The van der Waals surface area contributed by atoms with Gasteiger partial charge in [0.1, 0.15) is 11.8 Å². The van der Waals surface area contributed by atoms with E-state index in [0.717, 1.165) is 22.2 Å². The number of carbonyl (C=O) groups excluding carboxylic acids is 1. The minimum atomic E-state index is -0.499. The maximum Gasteiger partial charge on any atom is 0.220 e. The van der Waals surface area contributed by atoms with Crippen molar-refractivity contribution in [3.05, 3.63) is 59.7 Å². The molecular weight excluding hydrogens is 292 g/mol. The Labute approximate surface area is 134 Å². The van der Waals surface area contributed by atoms with Gasteiger partial charge in [0.05, 0.1) is 12.9 Å². The van der Waals surface area contributed by atoms with Gasteiger partial charge in [-0.1, -0.05) is 18.2 Å². The summed E-state index contributed by atoms with van der Waals surface area (Å²) in [4.78, 5) is 15.5. The lowest BCUT2D eigenvalue weighted by Gasteiger charge is -2.13. The van der Waals surface area contributed by atoms with Crippen LogP contribution in [0.25, 0.3) is 10.9 Å². The van der Waals surface area contributed by atoms with Crippen molar-refractivity contribution in [1.29, 1.82) is 0 Å². The van der Waals surface area contributed by atoms with Crippen LogP contribution >= 0.6 is 0 Å². The number of hydrogen-bond acceptors (Lipinski definition) is 3. The zero-order valence-electron chi connectivity index (χ0n) is 13.0. The molecule has 5 nitrogen and oxygen atoms in total. The van der Waals surface area contributed by atoms with E-state index in [0.29, 0.717) is 18.6 Å². The number of nitrogens with one attached hydrogen (secondary N) is 2. The number of hydrogen-bond donors (Lipinski definition) is 3. The van der Waals surface area contributed by atoms with E-state index in [4.69, 9.17) is 4.42 Å². The summed E-state index contributed by atoms with van der Waals surface area (Å²) in [7, 11) is 0. The van der Waals surface area contributed by atoms with Gasteiger partial charge in [-0.2, -0.15) is 0 Å². The molecule has 2 heterocycles. The Morgan fingerprint density at radius 3 is 2.87 bits per heavy atom. The molecule has 1 amide bonds. The first-order valence-electron chi connectivity index (χ1n) is 7.69. The summed E-state index contributed by atoms with van der Waals surface area (Å²) >= 11 is 0. The first-order chi connectivity index (χ1) is 11.2. The summed E-state index contributed by atoms with van der Waals surface area (Å²) in [6, 6.07) is 11.1. The highest BCUT2D eigenvalue weighted by molar-refractivity contribution is 5.85. The van der Waals surface area contributed by atoms with E-state index in [1.165, 1.54) is 6.26 Å². The third kappa shape index (κ3) is 3.29. The Hall–Kier alpha value is -2.53. The highest BCUT2D eigenvalue weighted by Crippen LogP contribution is 2.23. The second kappa shape index (κ2) is 6.71. The molecule has 1 atom stereocenters. The van der Waals surface area contributed by atoms with Gasteiger partial charge in [0.15, 0.2) is 0 Å². The van der Waals surface area contributed by atoms with Crippen LogP contribution in [-0.4, -0.2) is 22.6 Å². The molecule has 3 rings (SSSR count). The molecule has 3 aromatic rings. The molecule has 5 heteroatoms. The number of para-hydroxylation sites is 1. The van der Waals surface area contributed by atoms with Crippen molar-refractivity contribution in [3.8, 4) is 0 Å². The molecule has 0 spiro atoms. The number of amides is 1. The maximum absolute atomic E-state index is 12.2. The predicted molar refractivity (Wildman–Crippen MR) is 88.0 cm³/mol. The number of carbonyl (C=O) groups is 1. The number of H-pyrrole nitrogens is 1. The van der Waals surface area contributed by atoms with Gasteiger partial charge in [-0.05, 0) is 37.1 Å². The Bertz CT molecular complexity index is 790. The molecule has 3 N–H and O–H groups in total. The zero-order chi connectivity index (χ0) is 16.2. The molecule has 0 aliphatic carbocycles. The Balaban J connectivity index is 1.65. The van der Waals surface area contributed by atoms with Crippen molar-refractivity contribution in [2.45, 2.75) is 25.8 Å². The third-order valence-corrected chi connectivity index (χ3v) is 4.03. The minimum Gasteiger partial charge on any atom is -0.467 e. The van der Waals surface area contributed by atoms with Crippen LogP contribution in [0.1, 0.15) is 29.5 Å². The van der Waals surface area contributed by atoms with E-state index in [1.807, 2.05) is 25.1 Å². The molecule has 0 bridgehead atoms. The molecule has 2 aromatic heterocycles. The summed E-state index contributed by atoms with van der Waals surface area (Å²) in [6.45, 7) is 1.83. The molecule has 0 aliphatic rings. The number of aryl methyl sites for hydroxylation is 2. The number of aromatic nitrogens is 1. The van der Waals surface area contributed by atoms with Crippen LogP contribution in [0, 0.1) is 6.92 Å². The standard InChI is InChI=1S/C18H20N2O3/c1-12-13(14-5-2-3-6-15(14)19-12)8-9-18(22)20-16(11-21)17-7-4-10-23-17/h2-7,10,16,19,21H,8-9,11H2,1H3,(H,20,22). The zero-order valence-corrected chi connectivity index (χ0v) is 13.0. The Morgan fingerprint density at radius 2 is 2.13 bits per heavy atom. The van der Waals surface area contributed by atoms with Gasteiger partial charge in [0, 0.05) is 23.0 Å². The second-order valence-corrected chi connectivity index (χ2v) is 5.59. The quantitative estimate of drug-likeness (QED) is 0.655. The first kappa shape index (κ1) is 15.4. The normalized spacial score (nSPS) is 12.4. The van der Waals surface area contributed by atoms with E-state index < -0.39 is 6.04 Å². The number of fused-ring (bicyclic) bond motifs is 1. The molecule has 0 radical (unpaired) electrons. The van der Waals surface area contributed by atoms with E-state index >= 15 is 0 Å². The van der Waals surface area contributed by atoms with E-state index in [2.05, 4.69) is 16.4 Å². The average Bonchev–Trinajstić information content (AvgIpc) is 3.18. The molecule has 1 aromatic carbocycles. The topological polar surface area (TPSA) is 78.3 Å². The number of furan rings is 1. The minimum absolute atomic E-state index is 0.106. The SMILES string of the molecule is Cc1[nH]c2ccccc2c1CCC(=O)NC(CO)c1ccco1. The lowest BCUT2D eigenvalue weighted by atomic mass is 10.1. The van der Waals surface area contributed by atoms with E-state index in [-0.39, 0.29) is 12.5 Å². The molecule has 0 aliphatic heterocycles. The molecular formula is C18H20N2O3. The fourth-order valence-electron chi connectivity index (χ4n) is 2.86. The summed E-state index contributed by atoms with van der Waals surface area (Å²) < 4.78 is 5.23. The fraction of sp³-hybridized carbons (Fsp3) is 0.278. The van der Waals surface area contributed by atoms with Crippen molar-refractivity contribution in [2.24, 2.45) is 0 Å². The maximum atomic E-state index is 12.2. The number of aromatic amines is 1. The lowest BCUT2D eigenvalue weighted by molar-refractivity contribution is -0.122. The number of aliphatic hydroxyl groups excluding tert-OH is 1. The molecule has 23 heavy (non-hydrogen) atoms. The summed E-state index contributed by atoms with van der Waals surface area (Å²) in [5, 5.41) is 13.4. The number of rotatable bonds is 6. The summed E-state index contributed by atoms with van der Waals surface area (Å²) in [5.74, 6) is 0.453. The van der Waals surface area contributed by atoms with Crippen molar-refractivity contribution in [2.75, 3.05) is 6.61 Å². The Morgan fingerprint density at radius 1 is 1.30 bits per heavy atom. The number of benzene rings is 1. The van der Waals surface area contributed by atoms with Crippen LogP contribution in [-0.2, 0) is 11.2 Å². The van der Waals surface area contributed by atoms with Gasteiger partial charge in [0.25, 0.3) is 0 Å². The average molecular weight is 312 g/mol. The molecule has 0 saturated carbocycles. The molecule has 0 fully saturated rings. The largest absolute Gasteiger partial charge is 0.467 e. The van der Waals surface area contributed by atoms with Crippen molar-refractivity contribution < 1.29 is 14.3 Å². The highest BCUT2D eigenvalue weighted by atomic mass is 16.3. The Kier molecular flexibility index (Phi) is 4.48. The monoisotopic (exact) mass is 312 g/mol. The van der Waals surface area contributed by atoms with Gasteiger partial charge < -0.3 is 19.8 Å². The molecule has 120 valence electrons. The van der Waals surface area contributed by atoms with Gasteiger partial charge in [0.2, 0.25) is 5.91 Å². The molecule has 0 saturated heterocycles. The van der Waals surface area contributed by atoms with Gasteiger partial charge >= 0.3 is 0 Å². The van der Waals surface area contributed by atoms with Crippen LogP contribution in [0.3, 0.4) is 0 Å². The van der Waals surface area contributed by atoms with Crippen LogP contribution in [0.5, 0.6) is 0 Å². The third-order valence-electron chi connectivity index (χ3n) is 4.03. The molecule has 1 unspecified atom stereocenters. The summed E-state index contributed by atoms with van der Waals surface area (Å²) in [5.41, 5.74) is 3.34. The number of aliphatic hydroxyl groups is 1. The van der Waals surface area contributed by atoms with Gasteiger partial charge in [-0.15, -0.1) is 0 Å². The van der Waals surface area contributed by atoms with Gasteiger partial charge in [-0.3, -0.25) is 4.79 Å². The predicted octanol–water partition coefficient (Wildman–Crippen LogP) is 2.85. The van der Waals surface area contributed by atoms with Crippen molar-refractivity contribution in [3.63, 3.8) is 0 Å². The van der Waals surface area contributed by atoms with E-state index in [9.17, 15) is 9.90 Å². The van der Waals surface area contributed by atoms with E-state index in [1.54, 1.807) is 12.1 Å². The lowest BCUT2D eigenvalue weighted by Crippen LogP contribution is -2.30. The van der Waals surface area contributed by atoms with Crippen LogP contribution < -0.4 is 5.32 Å². The van der Waals surface area contributed by atoms with Crippen LogP contribution in [0.15, 0.2) is 47.1 Å². The second-order valence-electron chi connectivity index (χ2n) is 5.59. The fourth-order valence-corrected chi connectivity index (χ4v) is 2.86. The van der Waals surface area contributed by atoms with Crippen LogP contribution in [0.4, 0.5) is 0 Å². The highest BCUT2D eigenvalue weighted by Gasteiger charge is 2.17. The van der Waals surface area contributed by atoms with Gasteiger partial charge in [-0.25, -0.2) is 0 Å². The van der Waals surface area contributed by atoms with Crippen molar-refractivity contribution >= 4 is 16.8 Å². The van der Waals surface area contributed by atoms with Crippen LogP contribution in [0.2, 0.25) is 0 Å². The first-order valence-corrected chi connectivity index (χ1v) is 7.69.